The fraction of sp³-hybridized carbons (Fsp3) is 0.276. The number of aryl methyl sites for hydroxylation is 1. The molecule has 1 aromatic heterocycles. The van der Waals surface area contributed by atoms with Crippen LogP contribution in [-0.4, -0.2) is 33.0 Å². The zero-order valence-electron chi connectivity index (χ0n) is 20.4. The number of carboxylic acid groups (broad SMARTS) is 1. The lowest BCUT2D eigenvalue weighted by molar-refractivity contribution is -0.137. The Kier molecular flexibility index (Phi) is 8.00. The summed E-state index contributed by atoms with van der Waals surface area (Å²) in [5.41, 5.74) is 5.83. The van der Waals surface area contributed by atoms with Crippen LogP contribution >= 0.6 is 0 Å². The molecular weight excluding hydrogens is 460 g/mol. The number of benzene rings is 3. The summed E-state index contributed by atoms with van der Waals surface area (Å²) in [6, 6.07) is 18.8. The van der Waals surface area contributed by atoms with E-state index in [0.717, 1.165) is 33.4 Å². The van der Waals surface area contributed by atoms with Crippen molar-refractivity contribution >= 4 is 17.0 Å². The van der Waals surface area contributed by atoms with Crippen LogP contribution < -0.4 is 0 Å². The van der Waals surface area contributed by atoms with Crippen LogP contribution in [0.4, 0.5) is 8.78 Å². The first-order valence-corrected chi connectivity index (χ1v) is 12.0. The Bertz CT molecular complexity index is 1340. The molecule has 0 fully saturated rings. The molecule has 0 aliphatic heterocycles. The minimum Gasteiger partial charge on any atom is -0.481 e. The number of unbranched alkanes of at least 4 members (excludes halogenated alkanes) is 1. The number of hydrogen-bond donors (Lipinski definition) is 1. The van der Waals surface area contributed by atoms with Crippen LogP contribution in [0.15, 0.2) is 66.7 Å². The van der Waals surface area contributed by atoms with Gasteiger partial charge in [0.1, 0.15) is 11.6 Å². The van der Waals surface area contributed by atoms with Gasteiger partial charge in [-0.1, -0.05) is 18.2 Å². The highest BCUT2D eigenvalue weighted by Crippen LogP contribution is 2.27. The molecule has 0 aliphatic rings. The molecule has 0 unspecified atom stereocenters. The summed E-state index contributed by atoms with van der Waals surface area (Å²) >= 11 is 0. The van der Waals surface area contributed by atoms with E-state index in [2.05, 4.69) is 11.8 Å². The third-order valence-corrected chi connectivity index (χ3v) is 6.42. The number of carbonyl (C=O) groups is 1. The van der Waals surface area contributed by atoms with Gasteiger partial charge >= 0.3 is 5.97 Å². The minimum absolute atomic E-state index is 0.0954. The highest BCUT2D eigenvalue weighted by molar-refractivity contribution is 5.79. The van der Waals surface area contributed by atoms with Crippen LogP contribution in [0, 0.1) is 11.6 Å². The number of hydrogen-bond acceptors (Lipinski definition) is 4. The number of aliphatic carboxylic acids is 1. The minimum atomic E-state index is -0.818. The second-order valence-electron chi connectivity index (χ2n) is 9.09. The molecule has 36 heavy (non-hydrogen) atoms. The first kappa shape index (κ1) is 25.4. The van der Waals surface area contributed by atoms with Gasteiger partial charge in [0.15, 0.2) is 0 Å². The Hall–Kier alpha value is -3.71. The third-order valence-electron chi connectivity index (χ3n) is 6.42. The van der Waals surface area contributed by atoms with Crippen LogP contribution in [-0.2, 0) is 17.8 Å². The van der Waals surface area contributed by atoms with Gasteiger partial charge in [0.05, 0.1) is 22.4 Å². The van der Waals surface area contributed by atoms with Gasteiger partial charge in [0.2, 0.25) is 0 Å². The van der Waals surface area contributed by atoms with Crippen LogP contribution in [0.2, 0.25) is 0 Å². The highest BCUT2D eigenvalue weighted by atomic mass is 19.1. The lowest BCUT2D eigenvalue weighted by atomic mass is 10.0. The van der Waals surface area contributed by atoms with Gasteiger partial charge < -0.3 is 5.11 Å². The molecule has 7 heteroatoms. The van der Waals surface area contributed by atoms with Crippen molar-refractivity contribution in [2.75, 3.05) is 7.05 Å². The second-order valence-corrected chi connectivity index (χ2v) is 9.09. The second kappa shape index (κ2) is 11.4. The lowest BCUT2D eigenvalue weighted by Crippen LogP contribution is -2.22. The SMILES string of the molecule is C[C@H](c1ccc(F)cc1)N(C)Cc1ccc2nc(-c3ccc(F)cc3)c(CCCCC(=O)O)nc2c1. The van der Waals surface area contributed by atoms with Crippen LogP contribution in [0.25, 0.3) is 22.3 Å². The largest absolute Gasteiger partial charge is 0.481 e. The van der Waals surface area contributed by atoms with Gasteiger partial charge in [-0.25, -0.2) is 18.7 Å². The summed E-state index contributed by atoms with van der Waals surface area (Å²) in [5, 5.41) is 8.95. The molecule has 4 aromatic rings. The molecule has 186 valence electrons. The van der Waals surface area contributed by atoms with E-state index >= 15 is 0 Å². The Morgan fingerprint density at radius 3 is 2.25 bits per heavy atom. The van der Waals surface area contributed by atoms with Crippen LogP contribution in [0.3, 0.4) is 0 Å². The summed E-state index contributed by atoms with van der Waals surface area (Å²) in [7, 11) is 2.02. The van der Waals surface area contributed by atoms with Gasteiger partial charge in [-0.05, 0) is 92.9 Å². The van der Waals surface area contributed by atoms with Crippen LogP contribution in [0.1, 0.15) is 49.0 Å². The van der Waals surface area contributed by atoms with Gasteiger partial charge in [0.25, 0.3) is 0 Å². The van der Waals surface area contributed by atoms with Crippen molar-refractivity contribution in [1.29, 1.82) is 0 Å². The fourth-order valence-corrected chi connectivity index (χ4v) is 4.24. The summed E-state index contributed by atoms with van der Waals surface area (Å²) in [4.78, 5) is 22.8. The number of fused-ring (bicyclic) bond motifs is 1. The summed E-state index contributed by atoms with van der Waals surface area (Å²) in [6.07, 6.45) is 1.90. The van der Waals surface area contributed by atoms with Crippen molar-refractivity contribution in [3.05, 3.63) is 95.2 Å². The number of carboxylic acids is 1. The summed E-state index contributed by atoms with van der Waals surface area (Å²) in [6.45, 7) is 2.75. The van der Waals surface area contributed by atoms with Crippen molar-refractivity contribution in [2.24, 2.45) is 0 Å². The normalized spacial score (nSPS) is 12.2. The molecule has 0 aliphatic carbocycles. The molecule has 1 heterocycles. The van der Waals surface area contributed by atoms with Gasteiger partial charge in [0, 0.05) is 24.6 Å². The van der Waals surface area contributed by atoms with E-state index in [0.29, 0.717) is 31.5 Å². The maximum atomic E-state index is 13.5. The summed E-state index contributed by atoms with van der Waals surface area (Å²) < 4.78 is 26.8. The Morgan fingerprint density at radius 2 is 1.58 bits per heavy atom. The third kappa shape index (κ3) is 6.29. The molecule has 1 N–H and O–H groups in total. The standard InChI is InChI=1S/C29H29F2N3O2/c1-19(21-8-12-23(30)13-9-21)34(2)18-20-7-16-25-27(17-20)32-26(5-3-4-6-28(35)36)29(33-25)22-10-14-24(31)15-11-22/h7-17,19H,3-6,18H2,1-2H3,(H,35,36)/t19-/m1/s1. The van der Waals surface area contributed by atoms with Crippen LogP contribution in [0.5, 0.6) is 0 Å². The van der Waals surface area contributed by atoms with Gasteiger partial charge in [-0.15, -0.1) is 0 Å². The number of aromatic nitrogens is 2. The molecular formula is C29H29F2N3O2. The quantitative estimate of drug-likeness (QED) is 0.255. The molecule has 3 aromatic carbocycles. The van der Waals surface area contributed by atoms with E-state index in [4.69, 9.17) is 15.1 Å². The molecule has 1 atom stereocenters. The number of halogens is 2. The highest BCUT2D eigenvalue weighted by Gasteiger charge is 2.15. The smallest absolute Gasteiger partial charge is 0.303 e. The molecule has 0 amide bonds. The van der Waals surface area contributed by atoms with Gasteiger partial charge in [-0.3, -0.25) is 9.69 Å². The predicted molar refractivity (Wildman–Crippen MR) is 136 cm³/mol. The first-order chi connectivity index (χ1) is 17.3. The van der Waals surface area contributed by atoms with Crippen molar-refractivity contribution in [3.8, 4) is 11.3 Å². The van der Waals surface area contributed by atoms with Crippen molar-refractivity contribution in [2.45, 2.75) is 45.2 Å². The Labute approximate surface area is 209 Å². The Balaban J connectivity index is 1.60. The molecule has 0 spiro atoms. The van der Waals surface area contributed by atoms with Crippen molar-refractivity contribution in [1.82, 2.24) is 14.9 Å². The topological polar surface area (TPSA) is 66.3 Å². The zero-order valence-corrected chi connectivity index (χ0v) is 20.4. The number of nitrogens with zero attached hydrogens (tertiary/aromatic N) is 3. The number of rotatable bonds is 10. The molecule has 0 radical (unpaired) electrons. The monoisotopic (exact) mass is 489 g/mol. The van der Waals surface area contributed by atoms with E-state index in [1.165, 1.54) is 24.3 Å². The zero-order chi connectivity index (χ0) is 25.7. The summed E-state index contributed by atoms with van der Waals surface area (Å²) in [5.74, 6) is -1.39. The maximum absolute atomic E-state index is 13.5. The van der Waals surface area contributed by atoms with E-state index in [-0.39, 0.29) is 24.1 Å². The Morgan fingerprint density at radius 1 is 0.917 bits per heavy atom. The van der Waals surface area contributed by atoms with Crippen molar-refractivity contribution in [3.63, 3.8) is 0 Å². The molecule has 0 saturated heterocycles. The van der Waals surface area contributed by atoms with E-state index in [1.54, 1.807) is 24.3 Å². The van der Waals surface area contributed by atoms with Crippen molar-refractivity contribution < 1.29 is 18.7 Å². The molecule has 5 nitrogen and oxygen atoms in total. The van der Waals surface area contributed by atoms with E-state index < -0.39 is 5.97 Å². The molecule has 0 bridgehead atoms. The average Bonchev–Trinajstić information content (AvgIpc) is 2.86. The maximum Gasteiger partial charge on any atom is 0.303 e. The van der Waals surface area contributed by atoms with E-state index in [1.807, 2.05) is 25.2 Å². The molecule has 0 saturated carbocycles. The average molecular weight is 490 g/mol. The fourth-order valence-electron chi connectivity index (χ4n) is 4.24. The predicted octanol–water partition coefficient (Wildman–Crippen LogP) is 6.57. The molecule has 4 rings (SSSR count). The van der Waals surface area contributed by atoms with E-state index in [9.17, 15) is 13.6 Å². The lowest BCUT2D eigenvalue weighted by Gasteiger charge is -2.25. The van der Waals surface area contributed by atoms with Gasteiger partial charge in [-0.2, -0.15) is 0 Å². The first-order valence-electron chi connectivity index (χ1n) is 12.0.